The first-order valence-electron chi connectivity index (χ1n) is 7.05. The van der Waals surface area contributed by atoms with Gasteiger partial charge in [-0.1, -0.05) is 0 Å². The van der Waals surface area contributed by atoms with Crippen LogP contribution in [0, 0.1) is 6.92 Å². The van der Waals surface area contributed by atoms with Crippen molar-refractivity contribution in [2.24, 2.45) is 0 Å². The number of carbonyl (C=O) groups excluding carboxylic acids is 1. The van der Waals surface area contributed by atoms with Gasteiger partial charge in [0.05, 0.1) is 11.9 Å². The largest absolute Gasteiger partial charge is 0.444 e. The van der Waals surface area contributed by atoms with Crippen molar-refractivity contribution in [3.05, 3.63) is 35.8 Å². The zero-order valence-electron chi connectivity index (χ0n) is 13.6. The van der Waals surface area contributed by atoms with Gasteiger partial charge in [0.1, 0.15) is 5.60 Å². The SMILES string of the molecule is Cc1ccnc(-n2ncc(NC(=O)OC(C)(C)C)c2C(F)(F)F)c1. The van der Waals surface area contributed by atoms with Crippen molar-refractivity contribution in [2.45, 2.75) is 39.5 Å². The van der Waals surface area contributed by atoms with E-state index in [2.05, 4.69) is 15.4 Å². The van der Waals surface area contributed by atoms with Crippen LogP contribution in [0.4, 0.5) is 23.7 Å². The molecule has 0 fully saturated rings. The molecule has 0 saturated carbocycles. The maximum Gasteiger partial charge on any atom is 0.435 e. The monoisotopic (exact) mass is 342 g/mol. The molecule has 9 heteroatoms. The van der Waals surface area contributed by atoms with E-state index in [1.54, 1.807) is 33.8 Å². The minimum Gasteiger partial charge on any atom is -0.444 e. The molecule has 0 aliphatic heterocycles. The third-order valence-electron chi connectivity index (χ3n) is 2.79. The van der Waals surface area contributed by atoms with Crippen LogP contribution in [0.5, 0.6) is 0 Å². The van der Waals surface area contributed by atoms with Crippen molar-refractivity contribution in [1.29, 1.82) is 0 Å². The van der Waals surface area contributed by atoms with Crippen molar-refractivity contribution in [2.75, 3.05) is 5.32 Å². The number of nitrogens with one attached hydrogen (secondary N) is 1. The van der Waals surface area contributed by atoms with Crippen molar-refractivity contribution in [3.63, 3.8) is 0 Å². The Kier molecular flexibility index (Phi) is 4.54. The number of anilines is 1. The van der Waals surface area contributed by atoms with Crippen LogP contribution >= 0.6 is 0 Å². The van der Waals surface area contributed by atoms with Crippen LogP contribution in [0.25, 0.3) is 5.82 Å². The predicted octanol–water partition coefficient (Wildman–Crippen LogP) is 3.94. The lowest BCUT2D eigenvalue weighted by Gasteiger charge is -2.20. The van der Waals surface area contributed by atoms with E-state index < -0.39 is 29.3 Å². The molecule has 1 amide bonds. The fourth-order valence-corrected chi connectivity index (χ4v) is 1.94. The maximum atomic E-state index is 13.4. The topological polar surface area (TPSA) is 69.0 Å². The molecule has 2 aromatic rings. The maximum absolute atomic E-state index is 13.4. The van der Waals surface area contributed by atoms with E-state index in [9.17, 15) is 18.0 Å². The molecule has 2 rings (SSSR count). The Morgan fingerprint density at radius 1 is 1.29 bits per heavy atom. The smallest absolute Gasteiger partial charge is 0.435 e. The van der Waals surface area contributed by atoms with Gasteiger partial charge in [0.25, 0.3) is 0 Å². The third-order valence-corrected chi connectivity index (χ3v) is 2.79. The van der Waals surface area contributed by atoms with E-state index in [4.69, 9.17) is 4.74 Å². The van der Waals surface area contributed by atoms with Gasteiger partial charge in [-0.3, -0.25) is 5.32 Å². The molecule has 2 aromatic heterocycles. The van der Waals surface area contributed by atoms with Crippen molar-refractivity contribution in [1.82, 2.24) is 14.8 Å². The highest BCUT2D eigenvalue weighted by molar-refractivity contribution is 5.85. The number of amides is 1. The molecule has 0 radical (unpaired) electrons. The second-order valence-corrected chi connectivity index (χ2v) is 6.13. The number of ether oxygens (including phenoxy) is 1. The molecule has 0 bridgehead atoms. The summed E-state index contributed by atoms with van der Waals surface area (Å²) in [5, 5.41) is 5.79. The molecular formula is C15H17F3N4O2. The summed E-state index contributed by atoms with van der Waals surface area (Å²) in [5.74, 6) is -0.000404. The molecule has 0 aliphatic carbocycles. The molecule has 0 unspecified atom stereocenters. The Labute approximate surface area is 136 Å². The van der Waals surface area contributed by atoms with Gasteiger partial charge in [0.15, 0.2) is 11.5 Å². The number of hydrogen-bond donors (Lipinski definition) is 1. The lowest BCUT2D eigenvalue weighted by atomic mass is 10.2. The third kappa shape index (κ3) is 4.24. The fourth-order valence-electron chi connectivity index (χ4n) is 1.94. The van der Waals surface area contributed by atoms with Crippen molar-refractivity contribution in [3.8, 4) is 5.82 Å². The van der Waals surface area contributed by atoms with Crippen molar-refractivity contribution >= 4 is 11.8 Å². The van der Waals surface area contributed by atoms with Crippen LogP contribution < -0.4 is 5.32 Å². The number of aryl methyl sites for hydroxylation is 1. The number of pyridine rings is 1. The Bertz CT molecular complexity index is 748. The highest BCUT2D eigenvalue weighted by Crippen LogP contribution is 2.36. The summed E-state index contributed by atoms with van der Waals surface area (Å²) in [4.78, 5) is 15.6. The number of aromatic nitrogens is 3. The van der Waals surface area contributed by atoms with Crippen LogP contribution in [0.1, 0.15) is 32.0 Å². The van der Waals surface area contributed by atoms with Crippen molar-refractivity contribution < 1.29 is 22.7 Å². The molecule has 0 atom stereocenters. The molecule has 0 aliphatic rings. The molecule has 2 heterocycles. The van der Waals surface area contributed by atoms with Crippen LogP contribution in [0.2, 0.25) is 0 Å². The van der Waals surface area contributed by atoms with E-state index in [1.807, 2.05) is 0 Å². The molecule has 6 nitrogen and oxygen atoms in total. The minimum absolute atomic E-state index is 0.000404. The first kappa shape index (κ1) is 17.8. The molecule has 0 saturated heterocycles. The lowest BCUT2D eigenvalue weighted by molar-refractivity contribution is -0.142. The fraction of sp³-hybridized carbons (Fsp3) is 0.400. The van der Waals surface area contributed by atoms with E-state index in [0.717, 1.165) is 11.8 Å². The average Bonchev–Trinajstić information content (AvgIpc) is 2.79. The normalized spacial score (nSPS) is 12.1. The van der Waals surface area contributed by atoms with Gasteiger partial charge in [-0.25, -0.2) is 14.5 Å². The molecular weight excluding hydrogens is 325 g/mol. The number of hydrogen-bond acceptors (Lipinski definition) is 4. The summed E-state index contributed by atoms with van der Waals surface area (Å²) >= 11 is 0. The Morgan fingerprint density at radius 2 is 1.96 bits per heavy atom. The van der Waals surface area contributed by atoms with Gasteiger partial charge in [-0.15, -0.1) is 0 Å². The van der Waals surface area contributed by atoms with E-state index in [-0.39, 0.29) is 5.82 Å². The Hall–Kier alpha value is -2.58. The molecule has 1 N–H and O–H groups in total. The predicted molar refractivity (Wildman–Crippen MR) is 81.0 cm³/mol. The first-order chi connectivity index (χ1) is 11.0. The van der Waals surface area contributed by atoms with E-state index >= 15 is 0 Å². The highest BCUT2D eigenvalue weighted by Gasteiger charge is 2.40. The number of alkyl halides is 3. The zero-order chi connectivity index (χ0) is 18.1. The lowest BCUT2D eigenvalue weighted by Crippen LogP contribution is -2.28. The summed E-state index contributed by atoms with van der Waals surface area (Å²) in [5.41, 5.74) is -1.74. The quantitative estimate of drug-likeness (QED) is 0.897. The summed E-state index contributed by atoms with van der Waals surface area (Å²) in [6.45, 7) is 6.55. The van der Waals surface area contributed by atoms with E-state index in [1.165, 1.54) is 12.3 Å². The summed E-state index contributed by atoms with van der Waals surface area (Å²) in [7, 11) is 0. The Morgan fingerprint density at radius 3 is 2.50 bits per heavy atom. The van der Waals surface area contributed by atoms with Gasteiger partial charge in [0.2, 0.25) is 0 Å². The number of rotatable bonds is 2. The second-order valence-electron chi connectivity index (χ2n) is 6.13. The van der Waals surface area contributed by atoms with Gasteiger partial charge < -0.3 is 4.74 Å². The number of nitrogens with zero attached hydrogens (tertiary/aromatic N) is 3. The summed E-state index contributed by atoms with van der Waals surface area (Å²) in [6, 6.07) is 3.11. The molecule has 0 spiro atoms. The Balaban J connectivity index is 2.42. The van der Waals surface area contributed by atoms with Gasteiger partial charge >= 0.3 is 12.3 Å². The zero-order valence-corrected chi connectivity index (χ0v) is 13.6. The minimum atomic E-state index is -4.74. The average molecular weight is 342 g/mol. The summed E-state index contributed by atoms with van der Waals surface area (Å²) in [6.07, 6.45) is -3.44. The molecule has 0 aromatic carbocycles. The van der Waals surface area contributed by atoms with Crippen LogP contribution in [-0.2, 0) is 10.9 Å². The summed E-state index contributed by atoms with van der Waals surface area (Å²) < 4.78 is 45.9. The highest BCUT2D eigenvalue weighted by atomic mass is 19.4. The van der Waals surface area contributed by atoms with E-state index in [0.29, 0.717) is 4.68 Å². The van der Waals surface area contributed by atoms with Gasteiger partial charge in [0, 0.05) is 6.20 Å². The number of carbonyl (C=O) groups is 1. The number of halogens is 3. The molecule has 24 heavy (non-hydrogen) atoms. The van der Waals surface area contributed by atoms with Crippen LogP contribution in [0.15, 0.2) is 24.5 Å². The standard InChI is InChI=1S/C15H17F3N4O2/c1-9-5-6-19-11(7-9)22-12(15(16,17)18)10(8-20-22)21-13(23)24-14(2,3)4/h5-8H,1-4H3,(H,21,23). The first-order valence-corrected chi connectivity index (χ1v) is 7.05. The molecule has 130 valence electrons. The van der Waals surface area contributed by atoms with Crippen LogP contribution in [-0.4, -0.2) is 26.5 Å². The van der Waals surface area contributed by atoms with Gasteiger partial charge in [-0.05, 0) is 45.4 Å². The van der Waals surface area contributed by atoms with Gasteiger partial charge in [-0.2, -0.15) is 18.3 Å². The van der Waals surface area contributed by atoms with Crippen LogP contribution in [0.3, 0.4) is 0 Å². The second kappa shape index (κ2) is 6.14.